The zero-order valence-electron chi connectivity index (χ0n) is 12.0. The zero-order chi connectivity index (χ0) is 14.5. The van der Waals surface area contributed by atoms with Gasteiger partial charge < -0.3 is 15.0 Å². The first-order chi connectivity index (χ1) is 9.67. The van der Waals surface area contributed by atoms with Gasteiger partial charge in [0.15, 0.2) is 0 Å². The van der Waals surface area contributed by atoms with Crippen LogP contribution in [0.2, 0.25) is 0 Å². The Hall–Kier alpha value is -1.82. The molecular weight excluding hydrogens is 258 g/mol. The van der Waals surface area contributed by atoms with Gasteiger partial charge in [-0.05, 0) is 31.9 Å². The fraction of sp³-hybridized carbons (Fsp3) is 0.571. The minimum Gasteiger partial charge on any atom is -0.382 e. The Labute approximate surface area is 118 Å². The van der Waals surface area contributed by atoms with Crippen LogP contribution in [0.5, 0.6) is 0 Å². The average Bonchev–Trinajstić information content (AvgIpc) is 2.96. The van der Waals surface area contributed by atoms with Gasteiger partial charge in [0, 0.05) is 26.7 Å². The average molecular weight is 279 g/mol. The largest absolute Gasteiger partial charge is 0.382 e. The number of rotatable bonds is 6. The minimum absolute atomic E-state index is 0.134. The maximum Gasteiger partial charge on any atom is 0.315 e. The molecule has 1 aliphatic heterocycles. The monoisotopic (exact) mass is 279 g/mol. The second kappa shape index (κ2) is 6.56. The summed E-state index contributed by atoms with van der Waals surface area (Å²) in [5.41, 5.74) is 1.33. The summed E-state index contributed by atoms with van der Waals surface area (Å²) in [4.78, 5) is 13.1. The predicted octanol–water partition coefficient (Wildman–Crippen LogP) is 2.64. The number of likely N-dealkylation sites (N-methyl/N-ethyl adjacent to an activating group) is 1. The van der Waals surface area contributed by atoms with E-state index in [-0.39, 0.29) is 16.7 Å². The molecule has 110 valence electrons. The highest BCUT2D eigenvalue weighted by atomic mass is 16.6. The SMILES string of the molecule is CCN(CC1CCCO1)c1cccc(NC)c1[N+](=O)[O-]. The number of anilines is 2. The first-order valence-electron chi connectivity index (χ1n) is 6.99. The summed E-state index contributed by atoms with van der Waals surface area (Å²) < 4.78 is 5.64. The van der Waals surface area contributed by atoms with Crippen molar-refractivity contribution in [1.82, 2.24) is 0 Å². The van der Waals surface area contributed by atoms with Crippen LogP contribution >= 0.6 is 0 Å². The van der Waals surface area contributed by atoms with Crippen molar-refractivity contribution in [3.05, 3.63) is 28.3 Å². The number of nitro benzene ring substituents is 1. The number of nitrogens with one attached hydrogen (secondary N) is 1. The molecule has 1 N–H and O–H groups in total. The van der Waals surface area contributed by atoms with E-state index in [0.717, 1.165) is 19.4 Å². The summed E-state index contributed by atoms with van der Waals surface area (Å²) in [5, 5.41) is 14.3. The molecule has 0 radical (unpaired) electrons. The summed E-state index contributed by atoms with van der Waals surface area (Å²) in [6.45, 7) is 4.21. The molecule has 0 aliphatic carbocycles. The van der Waals surface area contributed by atoms with Gasteiger partial charge in [-0.15, -0.1) is 0 Å². The summed E-state index contributed by atoms with van der Waals surface area (Å²) >= 11 is 0. The van der Waals surface area contributed by atoms with Gasteiger partial charge in [0.1, 0.15) is 11.4 Å². The van der Waals surface area contributed by atoms with Crippen LogP contribution in [0.1, 0.15) is 19.8 Å². The van der Waals surface area contributed by atoms with Crippen molar-refractivity contribution in [3.8, 4) is 0 Å². The normalized spacial score (nSPS) is 18.0. The van der Waals surface area contributed by atoms with Gasteiger partial charge in [0.25, 0.3) is 0 Å². The second-order valence-corrected chi connectivity index (χ2v) is 4.85. The van der Waals surface area contributed by atoms with Crippen LogP contribution in [0.4, 0.5) is 17.1 Å². The Kier molecular flexibility index (Phi) is 4.79. The number of nitro groups is 1. The van der Waals surface area contributed by atoms with Crippen molar-refractivity contribution in [1.29, 1.82) is 0 Å². The molecule has 6 nitrogen and oxygen atoms in total. The molecule has 1 unspecified atom stereocenters. The van der Waals surface area contributed by atoms with E-state index in [0.29, 0.717) is 24.5 Å². The van der Waals surface area contributed by atoms with E-state index in [4.69, 9.17) is 4.74 Å². The molecule has 1 aromatic rings. The van der Waals surface area contributed by atoms with Gasteiger partial charge in [-0.25, -0.2) is 0 Å². The molecule has 1 atom stereocenters. The van der Waals surface area contributed by atoms with E-state index in [2.05, 4.69) is 5.32 Å². The third-order valence-electron chi connectivity index (χ3n) is 3.64. The number of benzene rings is 1. The van der Waals surface area contributed by atoms with Crippen LogP contribution < -0.4 is 10.2 Å². The predicted molar refractivity (Wildman–Crippen MR) is 79.5 cm³/mol. The molecule has 0 spiro atoms. The van der Waals surface area contributed by atoms with Crippen molar-refractivity contribution >= 4 is 17.1 Å². The van der Waals surface area contributed by atoms with Crippen molar-refractivity contribution < 1.29 is 9.66 Å². The number of hydrogen-bond donors (Lipinski definition) is 1. The number of nitrogens with zero attached hydrogens (tertiary/aromatic N) is 2. The van der Waals surface area contributed by atoms with E-state index in [9.17, 15) is 10.1 Å². The molecule has 0 bridgehead atoms. The van der Waals surface area contributed by atoms with Crippen LogP contribution in [0.25, 0.3) is 0 Å². The van der Waals surface area contributed by atoms with E-state index in [1.807, 2.05) is 17.9 Å². The molecule has 1 aromatic carbocycles. The number of ether oxygens (including phenoxy) is 1. The zero-order valence-corrected chi connectivity index (χ0v) is 12.0. The van der Waals surface area contributed by atoms with Gasteiger partial charge in [-0.3, -0.25) is 10.1 Å². The van der Waals surface area contributed by atoms with Crippen LogP contribution in [0.3, 0.4) is 0 Å². The molecule has 1 heterocycles. The number of hydrogen-bond acceptors (Lipinski definition) is 5. The van der Waals surface area contributed by atoms with Crippen molar-refractivity contribution in [3.63, 3.8) is 0 Å². The molecule has 6 heteroatoms. The van der Waals surface area contributed by atoms with Gasteiger partial charge in [-0.1, -0.05) is 6.07 Å². The molecular formula is C14H21N3O3. The fourth-order valence-electron chi connectivity index (χ4n) is 2.61. The van der Waals surface area contributed by atoms with E-state index < -0.39 is 0 Å². The standard InChI is InChI=1S/C14H21N3O3/c1-3-16(10-11-6-5-9-20-11)13-8-4-7-12(15-2)14(13)17(18)19/h4,7-8,11,15H,3,5-6,9-10H2,1-2H3. The summed E-state index contributed by atoms with van der Waals surface area (Å²) in [7, 11) is 1.70. The Bertz CT molecular complexity index is 473. The van der Waals surface area contributed by atoms with Crippen molar-refractivity contribution in [2.24, 2.45) is 0 Å². The molecule has 1 aliphatic rings. The highest BCUT2D eigenvalue weighted by molar-refractivity contribution is 5.76. The molecule has 20 heavy (non-hydrogen) atoms. The highest BCUT2D eigenvalue weighted by Crippen LogP contribution is 2.35. The number of para-hydroxylation sites is 1. The second-order valence-electron chi connectivity index (χ2n) is 4.85. The summed E-state index contributed by atoms with van der Waals surface area (Å²) in [6, 6.07) is 5.37. The van der Waals surface area contributed by atoms with Crippen LogP contribution in [-0.2, 0) is 4.74 Å². The third-order valence-corrected chi connectivity index (χ3v) is 3.64. The minimum atomic E-state index is -0.320. The van der Waals surface area contributed by atoms with E-state index >= 15 is 0 Å². The van der Waals surface area contributed by atoms with Crippen LogP contribution in [-0.4, -0.2) is 37.8 Å². The van der Waals surface area contributed by atoms with E-state index in [1.54, 1.807) is 19.2 Å². The maximum atomic E-state index is 11.4. The lowest BCUT2D eigenvalue weighted by Gasteiger charge is -2.26. The molecule has 1 saturated heterocycles. The van der Waals surface area contributed by atoms with Gasteiger partial charge in [0.05, 0.1) is 11.0 Å². The van der Waals surface area contributed by atoms with Crippen molar-refractivity contribution in [2.75, 3.05) is 37.0 Å². The first-order valence-corrected chi connectivity index (χ1v) is 6.99. The highest BCUT2D eigenvalue weighted by Gasteiger charge is 2.25. The third kappa shape index (κ3) is 3.01. The van der Waals surface area contributed by atoms with Crippen molar-refractivity contribution in [2.45, 2.75) is 25.9 Å². The molecule has 0 amide bonds. The quantitative estimate of drug-likeness (QED) is 0.640. The van der Waals surface area contributed by atoms with Gasteiger partial charge in [0.2, 0.25) is 0 Å². The molecule has 0 aromatic heterocycles. The summed E-state index contributed by atoms with van der Waals surface area (Å²) in [6.07, 6.45) is 2.27. The maximum absolute atomic E-state index is 11.4. The lowest BCUT2D eigenvalue weighted by atomic mass is 10.1. The Morgan fingerprint density at radius 3 is 2.90 bits per heavy atom. The molecule has 2 rings (SSSR count). The smallest absolute Gasteiger partial charge is 0.315 e. The topological polar surface area (TPSA) is 67.6 Å². The molecule has 1 fully saturated rings. The Morgan fingerprint density at radius 2 is 2.35 bits per heavy atom. The van der Waals surface area contributed by atoms with Gasteiger partial charge in [-0.2, -0.15) is 0 Å². The fourth-order valence-corrected chi connectivity index (χ4v) is 2.61. The van der Waals surface area contributed by atoms with E-state index in [1.165, 1.54) is 0 Å². The lowest BCUT2D eigenvalue weighted by Crippen LogP contribution is -2.32. The van der Waals surface area contributed by atoms with Crippen LogP contribution in [0, 0.1) is 10.1 Å². The van der Waals surface area contributed by atoms with Crippen LogP contribution in [0.15, 0.2) is 18.2 Å². The lowest BCUT2D eigenvalue weighted by molar-refractivity contribution is -0.383. The summed E-state index contributed by atoms with van der Waals surface area (Å²) in [5.74, 6) is 0. The first kappa shape index (κ1) is 14.6. The van der Waals surface area contributed by atoms with Gasteiger partial charge >= 0.3 is 5.69 Å². The Morgan fingerprint density at radius 1 is 1.55 bits per heavy atom. The Balaban J connectivity index is 2.30. The molecule has 0 saturated carbocycles.